The van der Waals surface area contributed by atoms with Gasteiger partial charge in [0.05, 0.1) is 5.02 Å². The van der Waals surface area contributed by atoms with Gasteiger partial charge in [-0.25, -0.2) is 4.39 Å². The van der Waals surface area contributed by atoms with Crippen molar-refractivity contribution < 1.29 is 4.39 Å². The third kappa shape index (κ3) is 3.85. The van der Waals surface area contributed by atoms with Crippen LogP contribution in [0.5, 0.6) is 0 Å². The molecule has 0 fully saturated rings. The molecular formula is C17H18BrClFN. The van der Waals surface area contributed by atoms with Crippen molar-refractivity contribution in [3.8, 4) is 0 Å². The van der Waals surface area contributed by atoms with Crippen LogP contribution in [-0.2, 0) is 6.42 Å². The Labute approximate surface area is 138 Å². The smallest absolute Gasteiger partial charge is 0.129 e. The first-order chi connectivity index (χ1) is 9.92. The number of hydrogen-bond donors (Lipinski definition) is 1. The van der Waals surface area contributed by atoms with E-state index in [0.29, 0.717) is 15.1 Å². The Bertz CT molecular complexity index is 657. The third-order valence-electron chi connectivity index (χ3n) is 3.69. The van der Waals surface area contributed by atoms with Gasteiger partial charge in [-0.1, -0.05) is 35.4 Å². The van der Waals surface area contributed by atoms with Crippen LogP contribution in [0.15, 0.2) is 34.8 Å². The summed E-state index contributed by atoms with van der Waals surface area (Å²) in [5, 5.41) is 3.71. The summed E-state index contributed by atoms with van der Waals surface area (Å²) in [4.78, 5) is 0. The van der Waals surface area contributed by atoms with Crippen molar-refractivity contribution in [2.75, 3.05) is 7.05 Å². The van der Waals surface area contributed by atoms with E-state index in [1.807, 2.05) is 7.05 Å². The summed E-state index contributed by atoms with van der Waals surface area (Å²) in [7, 11) is 1.84. The first-order valence-corrected chi connectivity index (χ1v) is 7.97. The summed E-state index contributed by atoms with van der Waals surface area (Å²) >= 11 is 9.35. The van der Waals surface area contributed by atoms with Crippen LogP contribution < -0.4 is 5.32 Å². The largest absolute Gasteiger partial charge is 0.313 e. The molecular weight excluding hydrogens is 353 g/mol. The fourth-order valence-corrected chi connectivity index (χ4v) is 2.90. The number of nitrogens with one attached hydrogen (secondary N) is 1. The molecule has 0 aliphatic carbocycles. The molecule has 0 amide bonds. The van der Waals surface area contributed by atoms with Crippen molar-refractivity contribution in [1.82, 2.24) is 5.32 Å². The predicted molar refractivity (Wildman–Crippen MR) is 90.5 cm³/mol. The summed E-state index contributed by atoms with van der Waals surface area (Å²) in [5.74, 6) is -0.254. The van der Waals surface area contributed by atoms with E-state index >= 15 is 0 Å². The van der Waals surface area contributed by atoms with Crippen molar-refractivity contribution in [2.24, 2.45) is 0 Å². The van der Waals surface area contributed by atoms with Gasteiger partial charge in [0, 0.05) is 16.1 Å². The van der Waals surface area contributed by atoms with Gasteiger partial charge in [-0.2, -0.15) is 0 Å². The molecule has 1 unspecified atom stereocenters. The maximum atomic E-state index is 14.2. The van der Waals surface area contributed by atoms with E-state index in [1.54, 1.807) is 6.07 Å². The molecule has 2 aromatic rings. The van der Waals surface area contributed by atoms with Crippen LogP contribution in [0.1, 0.15) is 28.3 Å². The SMILES string of the molecule is CNC(Cc1cc(C)ccc1C)c1cc(Cl)c(Br)cc1F. The minimum atomic E-state index is -0.254. The zero-order valence-corrected chi connectivity index (χ0v) is 14.6. The Morgan fingerprint density at radius 2 is 1.95 bits per heavy atom. The number of aryl methyl sites for hydroxylation is 2. The molecule has 1 atom stereocenters. The van der Waals surface area contributed by atoms with E-state index in [2.05, 4.69) is 53.3 Å². The standard InChI is InChI=1S/C17H18BrClFN/c1-10-4-5-11(2)12(6-10)7-17(21-3)13-8-15(19)14(18)9-16(13)20/h4-6,8-9,17,21H,7H2,1-3H3. The molecule has 0 saturated carbocycles. The molecule has 0 aliphatic heterocycles. The van der Waals surface area contributed by atoms with Gasteiger partial charge in [-0.15, -0.1) is 0 Å². The summed E-state index contributed by atoms with van der Waals surface area (Å²) in [6.45, 7) is 4.14. The number of benzene rings is 2. The van der Waals surface area contributed by atoms with E-state index in [1.165, 1.54) is 22.8 Å². The Hall–Kier alpha value is -0.900. The minimum absolute atomic E-state index is 0.115. The van der Waals surface area contributed by atoms with Crippen molar-refractivity contribution in [3.05, 3.63) is 67.9 Å². The minimum Gasteiger partial charge on any atom is -0.313 e. The molecule has 0 aliphatic rings. The molecule has 1 N–H and O–H groups in total. The van der Waals surface area contributed by atoms with Crippen molar-refractivity contribution in [1.29, 1.82) is 0 Å². The van der Waals surface area contributed by atoms with Gasteiger partial charge in [-0.05, 0) is 66.5 Å². The highest BCUT2D eigenvalue weighted by Gasteiger charge is 2.17. The number of likely N-dealkylation sites (N-methyl/N-ethyl adjacent to an activating group) is 1. The number of hydrogen-bond acceptors (Lipinski definition) is 1. The van der Waals surface area contributed by atoms with Crippen LogP contribution in [0.25, 0.3) is 0 Å². The molecule has 2 rings (SSSR count). The molecule has 4 heteroatoms. The average molecular weight is 371 g/mol. The monoisotopic (exact) mass is 369 g/mol. The predicted octanol–water partition coefficient (Wildman–Crippen LogP) is 5.36. The number of rotatable bonds is 4. The Morgan fingerprint density at radius 3 is 2.62 bits per heavy atom. The van der Waals surface area contributed by atoms with Crippen LogP contribution in [0, 0.1) is 19.7 Å². The second-order valence-corrected chi connectivity index (χ2v) is 6.52. The van der Waals surface area contributed by atoms with E-state index in [-0.39, 0.29) is 11.9 Å². The summed E-state index contributed by atoms with van der Waals surface area (Å²) in [6, 6.07) is 9.33. The van der Waals surface area contributed by atoms with Gasteiger partial charge in [-0.3, -0.25) is 0 Å². The lowest BCUT2D eigenvalue weighted by Gasteiger charge is -2.19. The Morgan fingerprint density at radius 1 is 1.24 bits per heavy atom. The average Bonchev–Trinajstić information content (AvgIpc) is 2.44. The van der Waals surface area contributed by atoms with Gasteiger partial charge in [0.25, 0.3) is 0 Å². The maximum absolute atomic E-state index is 14.2. The van der Waals surface area contributed by atoms with Gasteiger partial charge >= 0.3 is 0 Å². The Balaban J connectivity index is 2.36. The van der Waals surface area contributed by atoms with E-state index in [4.69, 9.17) is 11.6 Å². The fourth-order valence-electron chi connectivity index (χ4n) is 2.41. The quantitative estimate of drug-likeness (QED) is 0.714. The van der Waals surface area contributed by atoms with Gasteiger partial charge in [0.1, 0.15) is 5.82 Å². The highest BCUT2D eigenvalue weighted by Crippen LogP contribution is 2.30. The second-order valence-electron chi connectivity index (χ2n) is 5.26. The van der Waals surface area contributed by atoms with Gasteiger partial charge in [0.15, 0.2) is 0 Å². The lowest BCUT2D eigenvalue weighted by atomic mass is 9.94. The summed E-state index contributed by atoms with van der Waals surface area (Å²) in [6.07, 6.45) is 0.721. The first kappa shape index (κ1) is 16.5. The molecule has 112 valence electrons. The van der Waals surface area contributed by atoms with Crippen LogP contribution in [-0.4, -0.2) is 7.05 Å². The van der Waals surface area contributed by atoms with Gasteiger partial charge in [0.2, 0.25) is 0 Å². The fraction of sp³-hybridized carbons (Fsp3) is 0.294. The first-order valence-electron chi connectivity index (χ1n) is 6.80. The maximum Gasteiger partial charge on any atom is 0.129 e. The lowest BCUT2D eigenvalue weighted by Crippen LogP contribution is -2.20. The third-order valence-corrected chi connectivity index (χ3v) is 4.89. The highest BCUT2D eigenvalue weighted by molar-refractivity contribution is 9.10. The van der Waals surface area contributed by atoms with Gasteiger partial charge < -0.3 is 5.32 Å². The zero-order valence-electron chi connectivity index (χ0n) is 12.3. The summed E-state index contributed by atoms with van der Waals surface area (Å²) in [5.41, 5.74) is 4.23. The number of halogens is 3. The Kier molecular flexibility index (Phi) is 5.42. The molecule has 0 saturated heterocycles. The molecule has 0 heterocycles. The molecule has 1 nitrogen and oxygen atoms in total. The van der Waals surface area contributed by atoms with Crippen LogP contribution in [0.2, 0.25) is 5.02 Å². The van der Waals surface area contributed by atoms with Crippen molar-refractivity contribution in [2.45, 2.75) is 26.3 Å². The lowest BCUT2D eigenvalue weighted by molar-refractivity contribution is 0.533. The normalized spacial score (nSPS) is 12.5. The highest BCUT2D eigenvalue weighted by atomic mass is 79.9. The second kappa shape index (κ2) is 6.91. The summed E-state index contributed by atoms with van der Waals surface area (Å²) < 4.78 is 14.8. The topological polar surface area (TPSA) is 12.0 Å². The van der Waals surface area contributed by atoms with E-state index < -0.39 is 0 Å². The molecule has 21 heavy (non-hydrogen) atoms. The van der Waals surface area contributed by atoms with Crippen LogP contribution >= 0.6 is 27.5 Å². The molecule has 0 spiro atoms. The van der Waals surface area contributed by atoms with Crippen molar-refractivity contribution >= 4 is 27.5 Å². The molecule has 0 radical (unpaired) electrons. The molecule has 2 aromatic carbocycles. The van der Waals surface area contributed by atoms with E-state index in [0.717, 1.165) is 6.42 Å². The van der Waals surface area contributed by atoms with Crippen molar-refractivity contribution in [3.63, 3.8) is 0 Å². The zero-order chi connectivity index (χ0) is 15.6. The van der Waals surface area contributed by atoms with E-state index in [9.17, 15) is 4.39 Å². The molecule has 0 aromatic heterocycles. The molecule has 0 bridgehead atoms. The van der Waals surface area contributed by atoms with Crippen LogP contribution in [0.3, 0.4) is 0 Å². The van der Waals surface area contributed by atoms with Crippen LogP contribution in [0.4, 0.5) is 4.39 Å².